The van der Waals surface area contributed by atoms with E-state index in [4.69, 9.17) is 0 Å². The lowest BCUT2D eigenvalue weighted by molar-refractivity contribution is 0.669. The topological polar surface area (TPSA) is 68.0 Å². The van der Waals surface area contributed by atoms with E-state index < -0.39 is 0 Å². The fraction of sp³-hybridized carbons (Fsp3) is 0.118. The van der Waals surface area contributed by atoms with Gasteiger partial charge >= 0.3 is 0 Å². The summed E-state index contributed by atoms with van der Waals surface area (Å²) in [6, 6.07) is 11.5. The molecule has 3 aromatic heterocycles. The van der Waals surface area contributed by atoms with Crippen LogP contribution in [0.5, 0.6) is 0 Å². The van der Waals surface area contributed by atoms with Gasteiger partial charge in [-0.1, -0.05) is 29.8 Å². The lowest BCUT2D eigenvalue weighted by atomic mass is 10.1. The monoisotopic (exact) mass is 305 g/mol. The van der Waals surface area contributed by atoms with Crippen molar-refractivity contribution in [3.05, 3.63) is 76.6 Å². The summed E-state index contributed by atoms with van der Waals surface area (Å²) in [4.78, 5) is 16.9. The van der Waals surface area contributed by atoms with E-state index in [2.05, 4.69) is 15.2 Å². The van der Waals surface area contributed by atoms with Gasteiger partial charge in [0.05, 0.1) is 12.2 Å². The van der Waals surface area contributed by atoms with Crippen LogP contribution in [0.25, 0.3) is 16.8 Å². The van der Waals surface area contributed by atoms with Gasteiger partial charge in [-0.05, 0) is 18.6 Å². The molecule has 0 fully saturated rings. The predicted octanol–water partition coefficient (Wildman–Crippen LogP) is 2.24. The minimum atomic E-state index is -0.129. The molecule has 114 valence electrons. The van der Waals surface area contributed by atoms with Crippen LogP contribution in [0.2, 0.25) is 0 Å². The van der Waals surface area contributed by atoms with Gasteiger partial charge in [-0.15, -0.1) is 0 Å². The number of aromatic amines is 1. The number of aryl methyl sites for hydroxylation is 1. The minimum Gasteiger partial charge on any atom is -0.296 e. The highest BCUT2D eigenvalue weighted by atomic mass is 16.1. The predicted molar refractivity (Wildman–Crippen MR) is 87.3 cm³/mol. The fourth-order valence-corrected chi connectivity index (χ4v) is 2.62. The molecule has 6 nitrogen and oxygen atoms in total. The molecule has 0 spiro atoms. The van der Waals surface area contributed by atoms with E-state index in [1.54, 1.807) is 10.9 Å². The summed E-state index contributed by atoms with van der Waals surface area (Å²) in [5.74, 6) is 0. The van der Waals surface area contributed by atoms with Crippen molar-refractivity contribution in [1.82, 2.24) is 24.4 Å². The van der Waals surface area contributed by atoms with Crippen LogP contribution in [0, 0.1) is 6.92 Å². The molecule has 23 heavy (non-hydrogen) atoms. The van der Waals surface area contributed by atoms with Crippen molar-refractivity contribution in [1.29, 1.82) is 0 Å². The smallest absolute Gasteiger partial charge is 0.272 e. The Hall–Kier alpha value is -3.15. The number of rotatable bonds is 3. The number of aromatic nitrogens is 5. The van der Waals surface area contributed by atoms with Crippen LogP contribution in [-0.4, -0.2) is 24.4 Å². The second-order valence-corrected chi connectivity index (χ2v) is 5.50. The molecule has 0 unspecified atom stereocenters. The maximum atomic E-state index is 12.3. The average molecular weight is 305 g/mol. The van der Waals surface area contributed by atoms with E-state index in [9.17, 15) is 4.79 Å². The summed E-state index contributed by atoms with van der Waals surface area (Å²) in [5.41, 5.74) is 4.31. The molecule has 0 radical (unpaired) electrons. The Bertz CT molecular complexity index is 1010. The summed E-state index contributed by atoms with van der Waals surface area (Å²) in [7, 11) is 0. The molecule has 0 bridgehead atoms. The van der Waals surface area contributed by atoms with E-state index in [1.165, 1.54) is 16.1 Å². The van der Waals surface area contributed by atoms with Gasteiger partial charge in [0.15, 0.2) is 5.65 Å². The van der Waals surface area contributed by atoms with Crippen LogP contribution in [0.4, 0.5) is 0 Å². The van der Waals surface area contributed by atoms with E-state index in [0.29, 0.717) is 17.9 Å². The molecule has 0 amide bonds. The Kier molecular flexibility index (Phi) is 3.08. The van der Waals surface area contributed by atoms with Crippen molar-refractivity contribution in [3.8, 4) is 11.1 Å². The van der Waals surface area contributed by atoms with E-state index in [-0.39, 0.29) is 5.56 Å². The molecular weight excluding hydrogens is 290 g/mol. The van der Waals surface area contributed by atoms with Crippen LogP contribution in [0.3, 0.4) is 0 Å². The fourth-order valence-electron chi connectivity index (χ4n) is 2.62. The number of hydrogen-bond acceptors (Lipinski definition) is 3. The number of benzene rings is 1. The zero-order valence-electron chi connectivity index (χ0n) is 12.6. The number of hydrogen-bond donors (Lipinski definition) is 1. The molecule has 0 aliphatic carbocycles. The third-order valence-electron chi connectivity index (χ3n) is 3.80. The van der Waals surface area contributed by atoms with E-state index in [0.717, 1.165) is 11.1 Å². The van der Waals surface area contributed by atoms with Gasteiger partial charge in [0.25, 0.3) is 5.56 Å². The van der Waals surface area contributed by atoms with Crippen LogP contribution < -0.4 is 5.56 Å². The van der Waals surface area contributed by atoms with Gasteiger partial charge in [0, 0.05) is 30.2 Å². The van der Waals surface area contributed by atoms with E-state index in [1.807, 2.05) is 49.6 Å². The third-order valence-corrected chi connectivity index (χ3v) is 3.80. The molecule has 0 aliphatic heterocycles. The molecule has 0 atom stereocenters. The van der Waals surface area contributed by atoms with Gasteiger partial charge in [-0.2, -0.15) is 5.10 Å². The number of nitrogens with zero attached hydrogens (tertiary/aromatic N) is 4. The van der Waals surface area contributed by atoms with Crippen molar-refractivity contribution in [2.24, 2.45) is 0 Å². The number of fused-ring (bicyclic) bond motifs is 1. The molecule has 0 aliphatic rings. The highest BCUT2D eigenvalue weighted by molar-refractivity contribution is 5.77. The van der Waals surface area contributed by atoms with Crippen LogP contribution in [0.1, 0.15) is 11.3 Å². The van der Waals surface area contributed by atoms with Crippen molar-refractivity contribution < 1.29 is 0 Å². The molecule has 4 aromatic rings. The Balaban J connectivity index is 1.85. The summed E-state index contributed by atoms with van der Waals surface area (Å²) in [5, 5.41) is 7.13. The molecule has 0 saturated heterocycles. The van der Waals surface area contributed by atoms with Gasteiger partial charge in [0.1, 0.15) is 0 Å². The van der Waals surface area contributed by atoms with Gasteiger partial charge in [0.2, 0.25) is 0 Å². The van der Waals surface area contributed by atoms with Gasteiger partial charge in [-0.3, -0.25) is 14.6 Å². The first-order chi connectivity index (χ1) is 11.2. The first-order valence-electron chi connectivity index (χ1n) is 7.35. The molecule has 0 saturated carbocycles. The zero-order chi connectivity index (χ0) is 15.8. The normalized spacial score (nSPS) is 11.2. The lowest BCUT2D eigenvalue weighted by Crippen LogP contribution is -2.17. The lowest BCUT2D eigenvalue weighted by Gasteiger charge is -2.03. The van der Waals surface area contributed by atoms with Crippen LogP contribution in [0.15, 0.2) is 59.8 Å². The summed E-state index contributed by atoms with van der Waals surface area (Å²) >= 11 is 0. The molecule has 4 rings (SSSR count). The SMILES string of the molecule is Cc1ccc(-c2c[nH]n3c(=O)cc(Cn4cccn4)nc23)cc1. The molecular formula is C17H15N5O. The average Bonchev–Trinajstić information content (AvgIpc) is 3.18. The number of H-pyrrole nitrogens is 1. The second-order valence-electron chi connectivity index (χ2n) is 5.50. The van der Waals surface area contributed by atoms with Crippen molar-refractivity contribution in [2.45, 2.75) is 13.5 Å². The van der Waals surface area contributed by atoms with Crippen LogP contribution >= 0.6 is 0 Å². The van der Waals surface area contributed by atoms with Crippen molar-refractivity contribution in [2.75, 3.05) is 0 Å². The summed E-state index contributed by atoms with van der Waals surface area (Å²) in [6.07, 6.45) is 5.37. The largest absolute Gasteiger partial charge is 0.296 e. The Labute approximate surface area is 132 Å². The first-order valence-corrected chi connectivity index (χ1v) is 7.35. The number of nitrogens with one attached hydrogen (secondary N) is 1. The van der Waals surface area contributed by atoms with E-state index >= 15 is 0 Å². The second kappa shape index (κ2) is 5.24. The molecule has 3 heterocycles. The molecule has 1 aromatic carbocycles. The maximum Gasteiger partial charge on any atom is 0.272 e. The van der Waals surface area contributed by atoms with Crippen molar-refractivity contribution >= 4 is 5.65 Å². The summed E-state index contributed by atoms with van der Waals surface area (Å²) < 4.78 is 3.21. The Morgan fingerprint density at radius 3 is 2.78 bits per heavy atom. The minimum absolute atomic E-state index is 0.129. The highest BCUT2D eigenvalue weighted by Gasteiger charge is 2.11. The Morgan fingerprint density at radius 1 is 1.22 bits per heavy atom. The highest BCUT2D eigenvalue weighted by Crippen LogP contribution is 2.23. The Morgan fingerprint density at radius 2 is 2.04 bits per heavy atom. The van der Waals surface area contributed by atoms with Crippen LogP contribution in [-0.2, 0) is 6.54 Å². The molecule has 6 heteroatoms. The summed E-state index contributed by atoms with van der Waals surface area (Å²) in [6.45, 7) is 2.52. The standard InChI is InChI=1S/C17H15N5O/c1-12-3-5-13(6-4-12)15-10-19-22-16(23)9-14(20-17(15)22)11-21-8-2-7-18-21/h2-10,19H,11H2,1H3. The zero-order valence-corrected chi connectivity index (χ0v) is 12.6. The van der Waals surface area contributed by atoms with Gasteiger partial charge in [-0.25, -0.2) is 9.50 Å². The first kappa shape index (κ1) is 13.5. The maximum absolute atomic E-state index is 12.3. The van der Waals surface area contributed by atoms with Gasteiger partial charge < -0.3 is 0 Å². The molecule has 1 N–H and O–H groups in total. The van der Waals surface area contributed by atoms with Crippen molar-refractivity contribution in [3.63, 3.8) is 0 Å². The quantitative estimate of drug-likeness (QED) is 0.631. The third kappa shape index (κ3) is 2.44.